The Kier molecular flexibility index (Phi) is 26.1. The van der Waals surface area contributed by atoms with Gasteiger partial charge < -0.3 is 56.0 Å². The minimum Gasteiger partial charge on any atom is -0.439 e. The molecule has 32 heteroatoms. The van der Waals surface area contributed by atoms with Crippen LogP contribution in [-0.4, -0.2) is 114 Å². The highest BCUT2D eigenvalue weighted by molar-refractivity contribution is 14.1. The highest BCUT2D eigenvalue weighted by Crippen LogP contribution is 2.36. The fraction of sp³-hybridized carbons (Fsp3) is 0.263. The monoisotopic (exact) mass is 1600 g/mol. The molecule has 108 heavy (non-hydrogen) atoms. The molecule has 6 amide bonds. The molecule has 0 aliphatic carbocycles. The van der Waals surface area contributed by atoms with Crippen LogP contribution >= 0.6 is 22.6 Å². The number of aromatic nitrogens is 6. The summed E-state index contributed by atoms with van der Waals surface area (Å²) in [6.07, 6.45) is 1.89. The number of benzene rings is 7. The Bertz CT molecular complexity index is 4680. The number of nitrogens with two attached hydrogens (primary N) is 1. The quantitative estimate of drug-likeness (QED) is 0.0290. The summed E-state index contributed by atoms with van der Waals surface area (Å²) in [7, 11) is 0. The lowest BCUT2D eigenvalue weighted by Gasteiger charge is -2.34. The van der Waals surface area contributed by atoms with Crippen LogP contribution in [-0.2, 0) is 53.5 Å². The van der Waals surface area contributed by atoms with Crippen molar-refractivity contribution in [3.63, 3.8) is 0 Å². The van der Waals surface area contributed by atoms with Crippen LogP contribution < -0.4 is 46.9 Å². The molecule has 564 valence electrons. The van der Waals surface area contributed by atoms with Gasteiger partial charge in [0, 0.05) is 61.7 Å². The summed E-state index contributed by atoms with van der Waals surface area (Å²) in [6.45, 7) is 11.7. The number of carbonyl (C=O) groups excluding carboxylic acids is 5. The largest absolute Gasteiger partial charge is 0.439 e. The number of nitrogens with zero attached hydrogens (tertiary/aromatic N) is 9. The van der Waals surface area contributed by atoms with Gasteiger partial charge in [-0.1, -0.05) is 140 Å². The summed E-state index contributed by atoms with van der Waals surface area (Å²) in [5, 5.41) is 36.2. The zero-order valence-corrected chi connectivity index (χ0v) is 60.6. The predicted octanol–water partition coefficient (Wildman–Crippen LogP) is 13.3. The predicted molar refractivity (Wildman–Crippen MR) is 395 cm³/mol. The van der Waals surface area contributed by atoms with E-state index in [0.29, 0.717) is 67.4 Å². The van der Waals surface area contributed by atoms with Gasteiger partial charge in [-0.25, -0.2) is 50.3 Å². The van der Waals surface area contributed by atoms with Crippen LogP contribution in [0.2, 0.25) is 0 Å². The molecule has 3 fully saturated rings. The average Bonchev–Trinajstić information content (AvgIpc) is 1.61. The maximum Gasteiger partial charge on any atom is 0.417 e. The number of rotatable bonds is 10. The van der Waals surface area contributed by atoms with E-state index in [1.807, 2.05) is 132 Å². The Balaban J connectivity index is 0.000000137. The Hall–Kier alpha value is -11.3. The number of ether oxygens (including phenoxy) is 4. The SMILES string of the molecule is C[C@H]1Cn2ncc(I)c2CN1.C[C@H]1Cn2ncc(N3CC(c4ccccc4)OC3=O)c2CN1.C[C@H]1Cn2ncc(N3CC(c4ccccc4)OC3=O)c2CN1C(=O)Nc1cc(F)c(F)c(F)c1.NCC(O)c1ccccc1.O=C(Nc1cc(F)c(F)c(F)c1)Oc1ccccc1.O=C1NCC(c2ccccc2)O1. The third kappa shape index (κ3) is 19.8. The second-order valence-corrected chi connectivity index (χ2v) is 26.5. The van der Waals surface area contributed by atoms with Gasteiger partial charge in [-0.3, -0.25) is 29.2 Å². The van der Waals surface area contributed by atoms with Crippen molar-refractivity contribution in [2.24, 2.45) is 5.73 Å². The molecule has 0 saturated carbocycles. The highest BCUT2D eigenvalue weighted by Gasteiger charge is 2.40. The molecule has 7 aromatic carbocycles. The van der Waals surface area contributed by atoms with E-state index in [0.717, 1.165) is 59.8 Å². The molecule has 6 aliphatic heterocycles. The number of aliphatic hydroxyl groups is 1. The lowest BCUT2D eigenvalue weighted by molar-refractivity contribution is 0.140. The van der Waals surface area contributed by atoms with Gasteiger partial charge in [0.05, 0.1) is 114 Å². The lowest BCUT2D eigenvalue weighted by atomic mass is 10.1. The molecule has 16 rings (SSSR count). The lowest BCUT2D eigenvalue weighted by Crippen LogP contribution is -2.47. The van der Waals surface area contributed by atoms with Crippen LogP contribution in [0.4, 0.5) is 73.1 Å². The van der Waals surface area contributed by atoms with Crippen LogP contribution in [0.3, 0.4) is 0 Å². The van der Waals surface area contributed by atoms with E-state index in [-0.39, 0.29) is 67.2 Å². The number of halogens is 7. The standard InChI is InChI=1S/C23H20F3N5O3.C16H18N4O2.C13H8F3NO2.C9H9NO2.C8H11NO.C7H10IN3/c1-13-10-31-19(11-29(13)22(32)28-15-7-16(24)21(26)17(25)8-15)18(9-27-31)30-12-20(34-23(30)33)14-5-3-2-4-6-14;1-11-9-20-14(7-17-11)13(8-18-20)19-10-15(22-16(19)21)12-5-3-2-4-6-12;14-10-6-8(7-11(15)12(10)16)17-13(18)19-9-4-2-1-3-5-9;11-9-10-6-8(12-9)7-4-2-1-3-5-7;9-6-8(10)7-4-2-1-3-5-7;1-5-4-11-7(3-9-5)6(8)2-10-11/h2-9,13,20H,10-12H2,1H3,(H,28,32);2-6,8,11,15,17H,7,9-10H2,1H3;1-7H,(H,17,18);1-5,8H,6H2,(H,10,11);1-5,8,10H,6,9H2;2,5,9H,3-4H2,1H3/t13-,20?;11-,15?;;;;5-/m00...0/s1. The van der Waals surface area contributed by atoms with Crippen molar-refractivity contribution < 1.29 is 74.4 Å². The third-order valence-electron chi connectivity index (χ3n) is 17.7. The number of nitrogens with one attached hydrogen (secondary N) is 5. The Labute approximate surface area is 630 Å². The van der Waals surface area contributed by atoms with Crippen LogP contribution in [0.1, 0.15) is 84.5 Å². The number of cyclic esters (lactones) is 3. The second kappa shape index (κ2) is 36.3. The molecule has 8 N–H and O–H groups in total. The minimum atomic E-state index is -1.61. The molecule has 3 aromatic heterocycles. The summed E-state index contributed by atoms with van der Waals surface area (Å²) in [6, 6.07) is 49.2. The number of hydrogen-bond acceptors (Lipinski definition) is 16. The van der Waals surface area contributed by atoms with E-state index in [4.69, 9.17) is 24.7 Å². The Morgan fingerprint density at radius 1 is 0.565 bits per heavy atom. The first-order chi connectivity index (χ1) is 52.1. The fourth-order valence-electron chi connectivity index (χ4n) is 12.0. The van der Waals surface area contributed by atoms with E-state index in [9.17, 15) is 55.4 Å². The minimum absolute atomic E-state index is 0.0915. The topological polar surface area (TPSA) is 292 Å². The molecule has 4 unspecified atom stereocenters. The second-order valence-electron chi connectivity index (χ2n) is 25.4. The molecule has 6 aliphatic rings. The van der Waals surface area contributed by atoms with Gasteiger partial charge in [-0.15, -0.1) is 0 Å². The van der Waals surface area contributed by atoms with Gasteiger partial charge in [0.25, 0.3) is 0 Å². The van der Waals surface area contributed by atoms with Crippen molar-refractivity contribution >= 4 is 75.7 Å². The number of carbonyl (C=O) groups is 5. The number of amides is 6. The molecule has 10 aromatic rings. The van der Waals surface area contributed by atoms with Crippen molar-refractivity contribution in [1.82, 2.24) is 50.2 Å². The van der Waals surface area contributed by atoms with E-state index < -0.39 is 65.3 Å². The summed E-state index contributed by atoms with van der Waals surface area (Å²) < 4.78 is 107. The van der Waals surface area contributed by atoms with Crippen LogP contribution in [0.25, 0.3) is 0 Å². The first kappa shape index (κ1) is 77.8. The van der Waals surface area contributed by atoms with Gasteiger partial charge in [0.15, 0.2) is 34.9 Å². The summed E-state index contributed by atoms with van der Waals surface area (Å²) in [5.74, 6) is -8.52. The van der Waals surface area contributed by atoms with Crippen molar-refractivity contribution in [2.45, 2.75) is 103 Å². The summed E-state index contributed by atoms with van der Waals surface area (Å²) >= 11 is 2.32. The van der Waals surface area contributed by atoms with E-state index >= 15 is 0 Å². The van der Waals surface area contributed by atoms with Gasteiger partial charge in [0.2, 0.25) is 0 Å². The van der Waals surface area contributed by atoms with Gasteiger partial charge in [0.1, 0.15) is 24.1 Å². The van der Waals surface area contributed by atoms with Crippen LogP contribution in [0, 0.1) is 38.5 Å². The molecule has 7 atom stereocenters. The van der Waals surface area contributed by atoms with Crippen molar-refractivity contribution in [3.05, 3.63) is 272 Å². The number of alkyl carbamates (subject to hydrolysis) is 1. The molecule has 3 saturated heterocycles. The van der Waals surface area contributed by atoms with Gasteiger partial charge >= 0.3 is 30.4 Å². The third-order valence-corrected chi connectivity index (χ3v) is 18.6. The molecule has 0 bridgehead atoms. The van der Waals surface area contributed by atoms with E-state index in [1.165, 1.54) is 31.2 Å². The van der Waals surface area contributed by atoms with E-state index in [1.54, 1.807) is 47.1 Å². The van der Waals surface area contributed by atoms with Gasteiger partial charge in [-0.2, -0.15) is 15.3 Å². The summed E-state index contributed by atoms with van der Waals surface area (Å²) in [5.41, 5.74) is 13.0. The van der Waals surface area contributed by atoms with Gasteiger partial charge in [-0.05, 0) is 77.7 Å². The molecular formula is C76H76F6IN15O10. The number of anilines is 4. The maximum absolute atomic E-state index is 13.5. The van der Waals surface area contributed by atoms with Crippen molar-refractivity contribution in [2.75, 3.05) is 46.6 Å². The number of urea groups is 1. The molecule has 25 nitrogen and oxygen atoms in total. The number of hydrogen-bond donors (Lipinski definition) is 7. The zero-order chi connectivity index (χ0) is 76.5. The normalized spacial score (nSPS) is 18.9. The first-order valence-electron chi connectivity index (χ1n) is 34.2. The Morgan fingerprint density at radius 3 is 1.47 bits per heavy atom. The highest BCUT2D eigenvalue weighted by atomic mass is 127. The first-order valence-corrected chi connectivity index (χ1v) is 35.3. The Morgan fingerprint density at radius 2 is 0.991 bits per heavy atom. The zero-order valence-electron chi connectivity index (χ0n) is 58.5. The molecular weight excluding hydrogens is 1520 g/mol. The maximum atomic E-state index is 13.5. The smallest absolute Gasteiger partial charge is 0.417 e. The van der Waals surface area contributed by atoms with Crippen molar-refractivity contribution in [3.8, 4) is 5.75 Å². The summed E-state index contributed by atoms with van der Waals surface area (Å²) in [4.78, 5) is 64.5. The molecule has 0 radical (unpaired) electrons. The molecule has 0 spiro atoms. The van der Waals surface area contributed by atoms with Crippen LogP contribution in [0.5, 0.6) is 5.75 Å². The van der Waals surface area contributed by atoms with Crippen LogP contribution in [0.15, 0.2) is 195 Å². The number of aliphatic hydroxyl groups excluding tert-OH is 1. The van der Waals surface area contributed by atoms with E-state index in [2.05, 4.69) is 83.0 Å². The number of para-hydroxylation sites is 1. The van der Waals surface area contributed by atoms with Crippen molar-refractivity contribution in [1.29, 1.82) is 0 Å². The number of fused-ring (bicyclic) bond motifs is 3. The average molecular weight is 1600 g/mol. The fourth-order valence-corrected chi connectivity index (χ4v) is 12.6. The molecule has 9 heterocycles.